The van der Waals surface area contributed by atoms with Crippen LogP contribution in [0.3, 0.4) is 0 Å². The number of aromatic amines is 1. The second kappa shape index (κ2) is 8.59. The Hall–Kier alpha value is -2.54. The van der Waals surface area contributed by atoms with Crippen molar-refractivity contribution in [1.82, 2.24) is 9.88 Å². The molecule has 0 amide bonds. The smallest absolute Gasteiger partial charge is 0.128 e. The Morgan fingerprint density at radius 2 is 2.03 bits per heavy atom. The molecule has 3 heterocycles. The maximum atomic E-state index is 10.8. The van der Waals surface area contributed by atoms with Gasteiger partial charge in [-0.3, -0.25) is 4.90 Å². The number of fused-ring (bicyclic) bond motifs is 3. The molecule has 2 fully saturated rings. The lowest BCUT2D eigenvalue weighted by atomic mass is 9.84. The third-order valence-corrected chi connectivity index (χ3v) is 9.29. The number of β-amino-alcohol motifs (C(OH)–C–C–N with tert-alkyl or cyclic N) is 1. The van der Waals surface area contributed by atoms with Gasteiger partial charge in [-0.1, -0.05) is 19.1 Å². The topological polar surface area (TPSA) is 57.7 Å². The number of aromatic nitrogens is 1. The first-order valence-electron chi connectivity index (χ1n) is 12.2. The van der Waals surface area contributed by atoms with Gasteiger partial charge in [-0.2, -0.15) is 0 Å². The lowest BCUT2D eigenvalue weighted by Crippen LogP contribution is -2.40. The molecular weight excluding hydrogens is 444 g/mol. The Morgan fingerprint density at radius 1 is 1.18 bits per heavy atom. The molecule has 1 aliphatic carbocycles. The first-order chi connectivity index (χ1) is 16.5. The molecule has 5 nitrogen and oxygen atoms in total. The van der Waals surface area contributed by atoms with Crippen molar-refractivity contribution < 1.29 is 14.6 Å². The molecule has 2 aliphatic rings. The summed E-state index contributed by atoms with van der Waals surface area (Å²) in [5.74, 6) is 2.36. The van der Waals surface area contributed by atoms with Crippen LogP contribution in [0.2, 0.25) is 0 Å². The van der Waals surface area contributed by atoms with Crippen LogP contribution in [0.1, 0.15) is 37.0 Å². The number of aliphatic hydroxyl groups is 1. The van der Waals surface area contributed by atoms with Gasteiger partial charge in [0.15, 0.2) is 0 Å². The van der Waals surface area contributed by atoms with Crippen molar-refractivity contribution in [2.24, 2.45) is 5.41 Å². The van der Waals surface area contributed by atoms with E-state index in [2.05, 4.69) is 35.0 Å². The fourth-order valence-electron chi connectivity index (χ4n) is 6.31. The van der Waals surface area contributed by atoms with Crippen LogP contribution < -0.4 is 9.47 Å². The van der Waals surface area contributed by atoms with E-state index < -0.39 is 6.10 Å². The normalized spacial score (nSPS) is 25.7. The molecule has 1 saturated heterocycles. The van der Waals surface area contributed by atoms with E-state index in [0.29, 0.717) is 30.5 Å². The number of H-pyrrole nitrogens is 1. The lowest BCUT2D eigenvalue weighted by molar-refractivity contribution is 0.0579. The number of hydrogen-bond donors (Lipinski definition) is 2. The number of ether oxygens (including phenoxy) is 2. The number of hydrogen-bond acceptors (Lipinski definition) is 5. The highest BCUT2D eigenvalue weighted by atomic mass is 32.1. The van der Waals surface area contributed by atoms with Gasteiger partial charge in [0.25, 0.3) is 0 Å². The lowest BCUT2D eigenvalue weighted by Gasteiger charge is -2.30. The molecule has 6 rings (SSSR count). The van der Waals surface area contributed by atoms with E-state index in [1.54, 1.807) is 7.11 Å². The van der Waals surface area contributed by atoms with E-state index in [0.717, 1.165) is 35.4 Å². The molecule has 178 valence electrons. The highest BCUT2D eigenvalue weighted by Crippen LogP contribution is 2.55. The van der Waals surface area contributed by atoms with Crippen LogP contribution in [0, 0.1) is 5.41 Å². The Kier molecular flexibility index (Phi) is 5.55. The van der Waals surface area contributed by atoms with Crippen LogP contribution >= 0.6 is 11.3 Å². The molecule has 6 heteroatoms. The van der Waals surface area contributed by atoms with Gasteiger partial charge in [-0.15, -0.1) is 11.3 Å². The zero-order chi connectivity index (χ0) is 23.3. The number of benzene rings is 2. The first-order valence-corrected chi connectivity index (χ1v) is 13.0. The Morgan fingerprint density at radius 3 is 2.91 bits per heavy atom. The molecule has 1 saturated carbocycles. The summed E-state index contributed by atoms with van der Waals surface area (Å²) in [5, 5.41) is 13.1. The van der Waals surface area contributed by atoms with Crippen molar-refractivity contribution in [3.63, 3.8) is 0 Å². The van der Waals surface area contributed by atoms with Crippen LogP contribution in [0.4, 0.5) is 0 Å². The summed E-state index contributed by atoms with van der Waals surface area (Å²) in [6.07, 6.45) is 4.97. The Labute approximate surface area is 204 Å². The van der Waals surface area contributed by atoms with Crippen LogP contribution in [0.15, 0.2) is 54.7 Å². The average Bonchev–Trinajstić information content (AvgIpc) is 3.60. The summed E-state index contributed by atoms with van der Waals surface area (Å²) in [6, 6.07) is 17.2. The number of likely N-dealkylation sites (tertiary alicyclic amines) is 1. The summed E-state index contributed by atoms with van der Waals surface area (Å²) >= 11 is 1.91. The third kappa shape index (κ3) is 3.78. The number of nitrogens with one attached hydrogen (secondary N) is 1. The molecule has 0 bridgehead atoms. The van der Waals surface area contributed by atoms with E-state index in [4.69, 9.17) is 9.47 Å². The van der Waals surface area contributed by atoms with Gasteiger partial charge in [0.05, 0.1) is 7.11 Å². The molecule has 0 spiro atoms. The third-order valence-electron chi connectivity index (χ3n) is 8.03. The van der Waals surface area contributed by atoms with Crippen molar-refractivity contribution in [2.45, 2.75) is 44.2 Å². The number of nitrogens with zero attached hydrogens (tertiary/aromatic N) is 1. The van der Waals surface area contributed by atoms with Gasteiger partial charge >= 0.3 is 0 Å². The van der Waals surface area contributed by atoms with Gasteiger partial charge in [0.2, 0.25) is 0 Å². The van der Waals surface area contributed by atoms with Gasteiger partial charge in [-0.05, 0) is 73.5 Å². The number of methoxy groups -OCH3 is 1. The minimum absolute atomic E-state index is 0.308. The van der Waals surface area contributed by atoms with Crippen LogP contribution in [-0.4, -0.2) is 53.9 Å². The van der Waals surface area contributed by atoms with Crippen molar-refractivity contribution in [3.05, 3.63) is 59.6 Å². The first kappa shape index (κ1) is 22.0. The molecule has 2 aromatic carbocycles. The van der Waals surface area contributed by atoms with Gasteiger partial charge in [0.1, 0.15) is 24.2 Å². The molecule has 0 radical (unpaired) electrons. The maximum Gasteiger partial charge on any atom is 0.128 e. The van der Waals surface area contributed by atoms with Crippen molar-refractivity contribution in [3.8, 4) is 11.5 Å². The van der Waals surface area contributed by atoms with Crippen LogP contribution in [-0.2, 0) is 0 Å². The molecule has 4 atom stereocenters. The largest absolute Gasteiger partial charge is 0.496 e. The molecular formula is C28H32N2O3S. The molecule has 1 aliphatic heterocycles. The van der Waals surface area contributed by atoms with Crippen LogP contribution in [0.25, 0.3) is 21.0 Å². The SMILES string of the molecule is COc1cccc2sc(C3CC4N(C[C@H](O)COc5cccc6[nH]ccc56)CCC4(C)C3)cc12. The Bertz CT molecular complexity index is 1310. The molecule has 2 N–H and O–H groups in total. The summed E-state index contributed by atoms with van der Waals surface area (Å²) in [4.78, 5) is 7.19. The van der Waals surface area contributed by atoms with Crippen molar-refractivity contribution in [1.29, 1.82) is 0 Å². The predicted molar refractivity (Wildman–Crippen MR) is 138 cm³/mol. The monoisotopic (exact) mass is 476 g/mol. The molecule has 4 aromatic rings. The number of aliphatic hydroxyl groups excluding tert-OH is 1. The number of rotatable bonds is 7. The minimum Gasteiger partial charge on any atom is -0.496 e. The summed E-state index contributed by atoms with van der Waals surface area (Å²) in [5.41, 5.74) is 1.36. The number of thiophene rings is 1. The fourth-order valence-corrected chi connectivity index (χ4v) is 7.50. The van der Waals surface area contributed by atoms with Gasteiger partial charge in [-0.25, -0.2) is 0 Å². The summed E-state index contributed by atoms with van der Waals surface area (Å²) < 4.78 is 12.9. The van der Waals surface area contributed by atoms with Crippen molar-refractivity contribution in [2.75, 3.05) is 26.8 Å². The van der Waals surface area contributed by atoms with Crippen molar-refractivity contribution >= 4 is 32.3 Å². The molecule has 2 aromatic heterocycles. The standard InChI is InChI=1S/C28H32N2O3S/c1-28-10-12-30(16-19(31)17-33-24-7-3-5-22-20(24)9-11-29-22)27(28)13-18(15-28)26-14-21-23(32-2)6-4-8-25(21)34-26/h3-9,11,14,18-19,27,29,31H,10,12-13,15-17H2,1-2H3/t18?,19-,27?,28?/m0/s1. The van der Waals surface area contributed by atoms with Gasteiger partial charge < -0.3 is 19.6 Å². The summed E-state index contributed by atoms with van der Waals surface area (Å²) in [6.45, 7) is 4.47. The van der Waals surface area contributed by atoms with E-state index in [1.165, 1.54) is 27.8 Å². The van der Waals surface area contributed by atoms with E-state index in [-0.39, 0.29) is 0 Å². The highest BCUT2D eigenvalue weighted by Gasteiger charge is 2.51. The molecule has 3 unspecified atom stereocenters. The van der Waals surface area contributed by atoms with E-state index >= 15 is 0 Å². The highest BCUT2D eigenvalue weighted by molar-refractivity contribution is 7.19. The second-order valence-electron chi connectivity index (χ2n) is 10.2. The minimum atomic E-state index is -0.510. The quantitative estimate of drug-likeness (QED) is 0.355. The summed E-state index contributed by atoms with van der Waals surface area (Å²) in [7, 11) is 1.75. The van der Waals surface area contributed by atoms with Gasteiger partial charge in [0, 0.05) is 44.6 Å². The zero-order valence-corrected chi connectivity index (χ0v) is 20.6. The van der Waals surface area contributed by atoms with Crippen LogP contribution in [0.5, 0.6) is 11.5 Å². The average molecular weight is 477 g/mol. The fraction of sp³-hybridized carbons (Fsp3) is 0.429. The zero-order valence-electron chi connectivity index (χ0n) is 19.8. The second-order valence-corrected chi connectivity index (χ2v) is 11.3. The maximum absolute atomic E-state index is 10.8. The molecule has 34 heavy (non-hydrogen) atoms. The van der Waals surface area contributed by atoms with E-state index in [9.17, 15) is 5.11 Å². The predicted octanol–water partition coefficient (Wildman–Crippen LogP) is 5.79. The Balaban J connectivity index is 1.12. The van der Waals surface area contributed by atoms with E-state index in [1.807, 2.05) is 47.9 Å².